The van der Waals surface area contributed by atoms with Crippen molar-refractivity contribution in [3.63, 3.8) is 0 Å². The monoisotopic (exact) mass is 492 g/mol. The van der Waals surface area contributed by atoms with Crippen LogP contribution in [0.2, 0.25) is 0 Å². The van der Waals surface area contributed by atoms with E-state index in [0.717, 1.165) is 20.6 Å². The highest BCUT2D eigenvalue weighted by Gasteiger charge is 2.67. The summed E-state index contributed by atoms with van der Waals surface area (Å²) >= 11 is 2.18. The summed E-state index contributed by atoms with van der Waals surface area (Å²) in [7, 11) is 1.58. The minimum Gasteiger partial charge on any atom is -0.493 e. The van der Waals surface area contributed by atoms with Gasteiger partial charge in [-0.05, 0) is 77.3 Å². The van der Waals surface area contributed by atoms with Gasteiger partial charge in [-0.1, -0.05) is 12.2 Å². The second kappa shape index (κ2) is 6.57. The molecule has 146 valence electrons. The Bertz CT molecular complexity index is 891. The minimum atomic E-state index is -0.224. The number of nitrogens with zero attached hydrogens (tertiary/aromatic N) is 2. The lowest BCUT2D eigenvalue weighted by molar-refractivity contribution is -0.140. The maximum absolute atomic E-state index is 13.0. The molecule has 2 saturated carbocycles. The van der Waals surface area contributed by atoms with E-state index in [-0.39, 0.29) is 35.5 Å². The summed E-state index contributed by atoms with van der Waals surface area (Å²) in [6.45, 7) is 2.46. The molecule has 1 aromatic rings. The van der Waals surface area contributed by atoms with Crippen LogP contribution in [0.4, 0.5) is 0 Å². The Hall–Kier alpha value is -1.90. The van der Waals surface area contributed by atoms with Gasteiger partial charge in [-0.25, -0.2) is 0 Å². The van der Waals surface area contributed by atoms with E-state index in [4.69, 9.17) is 9.47 Å². The van der Waals surface area contributed by atoms with Crippen molar-refractivity contribution in [2.45, 2.75) is 13.3 Å². The Morgan fingerprint density at radius 3 is 2.39 bits per heavy atom. The van der Waals surface area contributed by atoms with Crippen molar-refractivity contribution < 1.29 is 19.1 Å². The van der Waals surface area contributed by atoms with E-state index < -0.39 is 0 Å². The summed E-state index contributed by atoms with van der Waals surface area (Å²) < 4.78 is 11.9. The van der Waals surface area contributed by atoms with E-state index in [1.165, 1.54) is 0 Å². The van der Waals surface area contributed by atoms with Crippen LogP contribution in [0, 0.1) is 39.1 Å². The molecular formula is C21H21IN2O4. The summed E-state index contributed by atoms with van der Waals surface area (Å²) in [4.78, 5) is 25.9. The van der Waals surface area contributed by atoms with Crippen LogP contribution in [0.1, 0.15) is 18.9 Å². The van der Waals surface area contributed by atoms with Gasteiger partial charge in [0.2, 0.25) is 0 Å². The van der Waals surface area contributed by atoms with Crippen molar-refractivity contribution in [1.29, 1.82) is 0 Å². The third-order valence-electron chi connectivity index (χ3n) is 6.50. The van der Waals surface area contributed by atoms with Crippen molar-refractivity contribution in [3.05, 3.63) is 33.4 Å². The van der Waals surface area contributed by atoms with E-state index in [0.29, 0.717) is 29.9 Å². The van der Waals surface area contributed by atoms with E-state index in [2.05, 4.69) is 39.8 Å². The number of hydrazone groups is 1. The predicted molar refractivity (Wildman–Crippen MR) is 111 cm³/mol. The number of benzene rings is 1. The first kappa shape index (κ1) is 18.1. The maximum atomic E-state index is 13.0. The molecule has 1 heterocycles. The van der Waals surface area contributed by atoms with Crippen LogP contribution < -0.4 is 9.47 Å². The van der Waals surface area contributed by atoms with Gasteiger partial charge in [0.25, 0.3) is 11.8 Å². The molecule has 0 radical (unpaired) electrons. The smallest absolute Gasteiger partial charge is 0.254 e. The molecule has 0 aromatic heterocycles. The van der Waals surface area contributed by atoms with Gasteiger partial charge < -0.3 is 9.47 Å². The van der Waals surface area contributed by atoms with Crippen LogP contribution in [0.3, 0.4) is 0 Å². The zero-order valence-electron chi connectivity index (χ0n) is 15.7. The summed E-state index contributed by atoms with van der Waals surface area (Å²) in [6.07, 6.45) is 7.04. The summed E-state index contributed by atoms with van der Waals surface area (Å²) in [5.41, 5.74) is 0.754. The fraction of sp³-hybridized carbons (Fsp3) is 0.476. The van der Waals surface area contributed by atoms with E-state index in [1.54, 1.807) is 19.4 Å². The van der Waals surface area contributed by atoms with Crippen molar-refractivity contribution in [3.8, 4) is 11.5 Å². The summed E-state index contributed by atoms with van der Waals surface area (Å²) in [5, 5.41) is 5.39. The number of carbonyl (C=O) groups excluding carboxylic acids is 2. The van der Waals surface area contributed by atoms with Crippen LogP contribution in [0.25, 0.3) is 0 Å². The molecule has 1 aliphatic heterocycles. The number of halogens is 1. The Kier molecular flexibility index (Phi) is 4.26. The van der Waals surface area contributed by atoms with Crippen molar-refractivity contribution in [1.82, 2.24) is 5.01 Å². The number of carbonyl (C=O) groups is 2. The lowest BCUT2D eigenvalue weighted by Gasteiger charge is -2.37. The average molecular weight is 492 g/mol. The van der Waals surface area contributed by atoms with Gasteiger partial charge in [0.05, 0.1) is 35.3 Å². The molecule has 2 amide bonds. The molecule has 6 rings (SSSR count). The normalized spacial score (nSPS) is 34.8. The summed E-state index contributed by atoms with van der Waals surface area (Å²) in [6, 6.07) is 3.70. The number of ether oxygens (including phenoxy) is 2. The van der Waals surface area contributed by atoms with E-state index >= 15 is 0 Å². The Morgan fingerprint density at radius 1 is 1.18 bits per heavy atom. The number of hydrogen-bond acceptors (Lipinski definition) is 5. The molecule has 2 bridgehead atoms. The molecule has 6 nitrogen and oxygen atoms in total. The van der Waals surface area contributed by atoms with Crippen molar-refractivity contribution in [2.75, 3.05) is 13.7 Å². The van der Waals surface area contributed by atoms with Crippen LogP contribution >= 0.6 is 22.6 Å². The number of methoxy groups -OCH3 is 1. The zero-order chi connectivity index (χ0) is 19.6. The Balaban J connectivity index is 1.41. The predicted octanol–water partition coefficient (Wildman–Crippen LogP) is 3.09. The molecule has 6 atom stereocenters. The highest BCUT2D eigenvalue weighted by atomic mass is 127. The van der Waals surface area contributed by atoms with Crippen molar-refractivity contribution >= 4 is 40.6 Å². The number of imide groups is 1. The Labute approximate surface area is 177 Å². The van der Waals surface area contributed by atoms with Gasteiger partial charge in [-0.15, -0.1) is 0 Å². The highest BCUT2D eigenvalue weighted by molar-refractivity contribution is 14.1. The third-order valence-corrected chi connectivity index (χ3v) is 7.30. The molecule has 0 N–H and O–H groups in total. The lowest BCUT2D eigenvalue weighted by Crippen LogP contribution is -2.40. The first-order chi connectivity index (χ1) is 13.5. The highest BCUT2D eigenvalue weighted by Crippen LogP contribution is 2.65. The van der Waals surface area contributed by atoms with Gasteiger partial charge in [0.1, 0.15) is 0 Å². The SMILES string of the molecule is CCOc1c(I)cc(/C=N\N2C(=O)[C@H]3[C@@H]4C=C[C@H]([C@@H]5C[C@H]45)[C@@H]3C2=O)cc1OC. The van der Waals surface area contributed by atoms with Crippen molar-refractivity contribution in [2.24, 2.45) is 40.6 Å². The largest absolute Gasteiger partial charge is 0.493 e. The second-order valence-corrected chi connectivity index (χ2v) is 9.02. The van der Waals surface area contributed by atoms with E-state index in [1.807, 2.05) is 13.0 Å². The van der Waals surface area contributed by atoms with Gasteiger partial charge >= 0.3 is 0 Å². The fourth-order valence-electron chi connectivity index (χ4n) is 5.28. The molecular weight excluding hydrogens is 471 g/mol. The minimum absolute atomic E-state index is 0.149. The molecule has 0 unspecified atom stereocenters. The molecule has 0 spiro atoms. The standard InChI is InChI=1S/C21H21IN2O4/c1-3-28-19-15(22)6-10(7-16(19)27-2)9-23-24-20(25)17-11-4-5-12(14-8-13(11)14)18(17)21(24)26/h4-7,9,11-14,17-18H,3,8H2,1-2H3/b23-9-/t11-,12-,13-,14+,17+,18+/m1/s1. The van der Waals surface area contributed by atoms with Crippen LogP contribution in [0.15, 0.2) is 29.4 Å². The number of allylic oxidation sites excluding steroid dienone is 2. The topological polar surface area (TPSA) is 68.2 Å². The average Bonchev–Trinajstić information content (AvgIpc) is 3.47. The molecule has 28 heavy (non-hydrogen) atoms. The van der Waals surface area contributed by atoms with E-state index in [9.17, 15) is 9.59 Å². The van der Waals surface area contributed by atoms with Gasteiger partial charge in [-0.3, -0.25) is 9.59 Å². The van der Waals surface area contributed by atoms with Crippen LogP contribution in [-0.2, 0) is 9.59 Å². The van der Waals surface area contributed by atoms with Gasteiger partial charge in [-0.2, -0.15) is 10.1 Å². The van der Waals surface area contributed by atoms with Gasteiger partial charge in [0, 0.05) is 0 Å². The molecule has 1 saturated heterocycles. The third kappa shape index (κ3) is 2.54. The van der Waals surface area contributed by atoms with Crippen LogP contribution in [0.5, 0.6) is 11.5 Å². The maximum Gasteiger partial charge on any atom is 0.254 e. The lowest BCUT2D eigenvalue weighted by atomic mass is 9.63. The number of amides is 2. The zero-order valence-corrected chi connectivity index (χ0v) is 17.8. The molecule has 4 aliphatic carbocycles. The summed E-state index contributed by atoms with van der Waals surface area (Å²) in [5.74, 6) is 2.15. The van der Waals surface area contributed by atoms with Gasteiger partial charge in [0.15, 0.2) is 11.5 Å². The first-order valence-corrected chi connectivity index (χ1v) is 10.7. The first-order valence-electron chi connectivity index (χ1n) is 9.65. The molecule has 7 heteroatoms. The quantitative estimate of drug-likeness (QED) is 0.274. The molecule has 5 aliphatic rings. The molecule has 1 aromatic carbocycles. The van der Waals surface area contributed by atoms with Crippen LogP contribution in [-0.4, -0.2) is 36.8 Å². The fourth-order valence-corrected chi connectivity index (χ4v) is 6.06. The number of rotatable bonds is 5. The molecule has 3 fully saturated rings. The Morgan fingerprint density at radius 2 is 1.82 bits per heavy atom. The second-order valence-electron chi connectivity index (χ2n) is 7.85. The number of hydrogen-bond donors (Lipinski definition) is 0.